The molecule has 0 aliphatic heterocycles. The second-order valence-electron chi connectivity index (χ2n) is 5.56. The van der Waals surface area contributed by atoms with E-state index in [9.17, 15) is 0 Å². The number of benzene rings is 2. The number of aromatic nitrogens is 3. The molecule has 0 atom stereocenters. The van der Waals surface area contributed by atoms with Crippen LogP contribution in [0, 0.1) is 6.92 Å². The van der Waals surface area contributed by atoms with Crippen molar-refractivity contribution in [2.75, 3.05) is 17.7 Å². The van der Waals surface area contributed by atoms with Gasteiger partial charge in [-0.15, -0.1) is 5.10 Å². The summed E-state index contributed by atoms with van der Waals surface area (Å²) in [6.07, 6.45) is 1.68. The molecule has 0 aliphatic rings. The molecule has 1 heterocycles. The predicted molar refractivity (Wildman–Crippen MR) is 103 cm³/mol. The molecule has 3 aromatic rings. The predicted octanol–water partition coefficient (Wildman–Crippen LogP) is 3.45. The molecule has 3 rings (SSSR count). The Balaban J connectivity index is 1.57. The van der Waals surface area contributed by atoms with Crippen LogP contribution < -0.4 is 15.4 Å². The van der Waals surface area contributed by atoms with Crippen molar-refractivity contribution in [2.24, 2.45) is 0 Å². The van der Waals surface area contributed by atoms with Gasteiger partial charge in [0.25, 0.3) is 0 Å². The van der Waals surface area contributed by atoms with Gasteiger partial charge in [-0.25, -0.2) is 9.67 Å². The second kappa shape index (κ2) is 7.76. The van der Waals surface area contributed by atoms with E-state index >= 15 is 0 Å². The summed E-state index contributed by atoms with van der Waals surface area (Å²) in [6.45, 7) is 2.73. The van der Waals surface area contributed by atoms with E-state index in [1.165, 1.54) is 11.1 Å². The summed E-state index contributed by atoms with van der Waals surface area (Å²) in [7, 11) is 1.63. The molecule has 7 heteroatoms. The summed E-state index contributed by atoms with van der Waals surface area (Å²) in [5, 5.41) is 10.9. The van der Waals surface area contributed by atoms with Crippen molar-refractivity contribution < 1.29 is 4.74 Å². The molecule has 1 aromatic heterocycles. The minimum absolute atomic E-state index is 0.429. The van der Waals surface area contributed by atoms with Gasteiger partial charge < -0.3 is 10.1 Å². The lowest BCUT2D eigenvalue weighted by Gasteiger charge is -2.08. The Hall–Kier alpha value is -2.93. The molecule has 128 valence electrons. The number of ether oxygens (including phenoxy) is 1. The maximum atomic E-state index is 5.29. The van der Waals surface area contributed by atoms with Gasteiger partial charge in [-0.1, -0.05) is 29.8 Å². The van der Waals surface area contributed by atoms with Crippen molar-refractivity contribution in [1.29, 1.82) is 0 Å². The number of methoxy groups -OCH3 is 1. The number of nitrogens with one attached hydrogen (secondary N) is 2. The number of rotatable bonds is 5. The normalized spacial score (nSPS) is 10.3. The molecule has 0 bridgehead atoms. The second-order valence-corrected chi connectivity index (χ2v) is 5.97. The van der Waals surface area contributed by atoms with Crippen molar-refractivity contribution in [3.8, 4) is 5.75 Å². The minimum atomic E-state index is 0.429. The van der Waals surface area contributed by atoms with Gasteiger partial charge in [-0.3, -0.25) is 5.32 Å². The third-order valence-corrected chi connectivity index (χ3v) is 3.74. The number of hydrogen-bond donors (Lipinski definition) is 2. The standard InChI is InChI=1S/C18H19N5OS/c1-13-4-3-5-14(10-13)11-23-12-19-17(22-23)21-18(25)20-15-6-8-16(24-2)9-7-15/h3-10,12H,11H2,1-2H3,(H2,20,21,22,25). The molecule has 0 unspecified atom stereocenters. The smallest absolute Gasteiger partial charge is 0.248 e. The topological polar surface area (TPSA) is 64.0 Å². The van der Waals surface area contributed by atoms with Gasteiger partial charge >= 0.3 is 0 Å². The summed E-state index contributed by atoms with van der Waals surface area (Å²) >= 11 is 5.29. The van der Waals surface area contributed by atoms with E-state index in [0.29, 0.717) is 17.6 Å². The average Bonchev–Trinajstić information content (AvgIpc) is 3.02. The molecule has 0 saturated carbocycles. The first-order chi connectivity index (χ1) is 12.1. The Morgan fingerprint density at radius 2 is 1.96 bits per heavy atom. The summed E-state index contributed by atoms with van der Waals surface area (Å²) in [5.41, 5.74) is 3.26. The van der Waals surface area contributed by atoms with E-state index in [-0.39, 0.29) is 0 Å². The number of hydrogen-bond acceptors (Lipinski definition) is 4. The summed E-state index contributed by atoms with van der Waals surface area (Å²) in [5.74, 6) is 1.25. The van der Waals surface area contributed by atoms with Crippen molar-refractivity contribution in [1.82, 2.24) is 14.8 Å². The van der Waals surface area contributed by atoms with Crippen molar-refractivity contribution >= 4 is 29.0 Å². The zero-order valence-corrected chi connectivity index (χ0v) is 14.9. The number of anilines is 2. The Morgan fingerprint density at radius 3 is 2.68 bits per heavy atom. The maximum absolute atomic E-state index is 5.29. The first-order valence-corrected chi connectivity index (χ1v) is 8.20. The molecule has 2 aromatic carbocycles. The monoisotopic (exact) mass is 353 g/mol. The van der Waals surface area contributed by atoms with Crippen molar-refractivity contribution in [2.45, 2.75) is 13.5 Å². The summed E-state index contributed by atoms with van der Waals surface area (Å²) < 4.78 is 6.90. The van der Waals surface area contributed by atoms with E-state index in [1.54, 1.807) is 18.1 Å². The Bertz CT molecular complexity index is 860. The fraction of sp³-hybridized carbons (Fsp3) is 0.167. The lowest BCUT2D eigenvalue weighted by atomic mass is 10.1. The van der Waals surface area contributed by atoms with Crippen LogP contribution in [-0.2, 0) is 6.54 Å². The highest BCUT2D eigenvalue weighted by Crippen LogP contribution is 2.15. The average molecular weight is 353 g/mol. The Morgan fingerprint density at radius 1 is 1.16 bits per heavy atom. The molecule has 0 spiro atoms. The van der Waals surface area contributed by atoms with Crippen molar-refractivity contribution in [3.63, 3.8) is 0 Å². The lowest BCUT2D eigenvalue weighted by Crippen LogP contribution is -2.20. The van der Waals surface area contributed by atoms with Crippen LogP contribution in [-0.4, -0.2) is 27.0 Å². The highest BCUT2D eigenvalue weighted by atomic mass is 32.1. The zero-order chi connectivity index (χ0) is 17.6. The van der Waals surface area contributed by atoms with Gasteiger partial charge in [-0.05, 0) is 49.0 Å². The van der Waals surface area contributed by atoms with Crippen LogP contribution in [0.25, 0.3) is 0 Å². The van der Waals surface area contributed by atoms with E-state index < -0.39 is 0 Å². The van der Waals surface area contributed by atoms with Crippen LogP contribution in [0.2, 0.25) is 0 Å². The van der Waals surface area contributed by atoms with Gasteiger partial charge in [0.15, 0.2) is 5.11 Å². The number of aryl methyl sites for hydroxylation is 1. The molecule has 0 fully saturated rings. The minimum Gasteiger partial charge on any atom is -0.497 e. The molecular formula is C18H19N5OS. The Kier molecular flexibility index (Phi) is 5.25. The summed E-state index contributed by atoms with van der Waals surface area (Å²) in [6, 6.07) is 15.8. The van der Waals surface area contributed by atoms with E-state index in [0.717, 1.165) is 11.4 Å². The molecule has 0 radical (unpaired) electrons. The summed E-state index contributed by atoms with van der Waals surface area (Å²) in [4.78, 5) is 4.24. The molecule has 2 N–H and O–H groups in total. The van der Waals surface area contributed by atoms with E-state index in [4.69, 9.17) is 17.0 Å². The van der Waals surface area contributed by atoms with Gasteiger partial charge in [0, 0.05) is 5.69 Å². The number of thiocarbonyl (C=S) groups is 1. The molecule has 25 heavy (non-hydrogen) atoms. The van der Waals surface area contributed by atoms with E-state index in [2.05, 4.69) is 45.8 Å². The zero-order valence-electron chi connectivity index (χ0n) is 14.1. The lowest BCUT2D eigenvalue weighted by molar-refractivity contribution is 0.415. The van der Waals surface area contributed by atoms with Gasteiger partial charge in [0.05, 0.1) is 13.7 Å². The highest BCUT2D eigenvalue weighted by Gasteiger charge is 2.05. The molecule has 0 amide bonds. The first kappa shape index (κ1) is 16.9. The molecule has 6 nitrogen and oxygen atoms in total. The van der Waals surface area contributed by atoms with E-state index in [1.807, 2.05) is 30.3 Å². The Labute approximate surface area is 151 Å². The largest absolute Gasteiger partial charge is 0.497 e. The molecule has 0 saturated heterocycles. The molecular weight excluding hydrogens is 334 g/mol. The third kappa shape index (κ3) is 4.77. The fourth-order valence-corrected chi connectivity index (χ4v) is 2.57. The quantitative estimate of drug-likeness (QED) is 0.685. The van der Waals surface area contributed by atoms with Crippen LogP contribution >= 0.6 is 12.2 Å². The van der Waals surface area contributed by atoms with Crippen LogP contribution in [0.15, 0.2) is 54.9 Å². The van der Waals surface area contributed by atoms with Crippen LogP contribution in [0.3, 0.4) is 0 Å². The first-order valence-electron chi connectivity index (χ1n) is 7.79. The van der Waals surface area contributed by atoms with Gasteiger partial charge in [-0.2, -0.15) is 0 Å². The van der Waals surface area contributed by atoms with Crippen LogP contribution in [0.5, 0.6) is 5.75 Å². The van der Waals surface area contributed by atoms with Gasteiger partial charge in [0.2, 0.25) is 5.95 Å². The van der Waals surface area contributed by atoms with Crippen molar-refractivity contribution in [3.05, 3.63) is 66.0 Å². The fourth-order valence-electron chi connectivity index (χ4n) is 2.36. The van der Waals surface area contributed by atoms with Crippen LogP contribution in [0.4, 0.5) is 11.6 Å². The SMILES string of the molecule is COc1ccc(NC(=S)Nc2ncn(Cc3cccc(C)c3)n2)cc1. The highest BCUT2D eigenvalue weighted by molar-refractivity contribution is 7.80. The maximum Gasteiger partial charge on any atom is 0.248 e. The third-order valence-electron chi connectivity index (χ3n) is 3.54. The van der Waals surface area contributed by atoms with Crippen LogP contribution in [0.1, 0.15) is 11.1 Å². The van der Waals surface area contributed by atoms with Gasteiger partial charge in [0.1, 0.15) is 12.1 Å². The number of nitrogens with zero attached hydrogens (tertiary/aromatic N) is 3. The molecule has 0 aliphatic carbocycles.